The molecule has 2 heterocycles. The van der Waals surface area contributed by atoms with Crippen molar-refractivity contribution in [3.63, 3.8) is 0 Å². The Hall–Kier alpha value is -0.973. The van der Waals surface area contributed by atoms with Crippen LogP contribution in [-0.2, 0) is 9.22 Å². The second-order valence-electron chi connectivity index (χ2n) is 9.37. The van der Waals surface area contributed by atoms with E-state index < -0.39 is 8.32 Å². The minimum atomic E-state index is -1.99. The molecule has 0 radical (unpaired) electrons. The van der Waals surface area contributed by atoms with E-state index in [9.17, 15) is 4.79 Å². The van der Waals surface area contributed by atoms with Crippen molar-refractivity contribution in [3.05, 3.63) is 35.9 Å². The Balaban J connectivity index is 1.98. The van der Waals surface area contributed by atoms with Gasteiger partial charge in [-0.2, -0.15) is 0 Å². The van der Waals surface area contributed by atoms with Crippen LogP contribution in [0.15, 0.2) is 30.3 Å². The highest BCUT2D eigenvalue weighted by Crippen LogP contribution is 2.47. The van der Waals surface area contributed by atoms with E-state index >= 15 is 0 Å². The van der Waals surface area contributed by atoms with Crippen LogP contribution in [0.3, 0.4) is 0 Å². The summed E-state index contributed by atoms with van der Waals surface area (Å²) in [6, 6.07) is 11.2. The molecule has 4 heteroatoms. The molecule has 2 fully saturated rings. The Morgan fingerprint density at radius 1 is 1.16 bits per heavy atom. The van der Waals surface area contributed by atoms with E-state index in [0.29, 0.717) is 24.3 Å². The smallest absolute Gasteiger partial charge is 0.192 e. The highest BCUT2D eigenvalue weighted by molar-refractivity contribution is 6.74. The molecule has 0 unspecified atom stereocenters. The number of hydrogen-bond acceptors (Lipinski definition) is 3. The Kier molecular flexibility index (Phi) is 4.99. The summed E-state index contributed by atoms with van der Waals surface area (Å²) in [5.74, 6) is 0.360. The minimum Gasteiger partial charge on any atom is -0.409 e. The fourth-order valence-corrected chi connectivity index (χ4v) is 5.43. The molecule has 2 saturated heterocycles. The molecular formula is C21H33NO2Si. The molecule has 0 saturated carbocycles. The highest BCUT2D eigenvalue weighted by Gasteiger charge is 2.51. The number of rotatable bonds is 4. The number of piperidine rings is 1. The first-order chi connectivity index (χ1) is 11.6. The van der Waals surface area contributed by atoms with Crippen molar-refractivity contribution >= 4 is 14.1 Å². The van der Waals surface area contributed by atoms with Gasteiger partial charge in [-0.1, -0.05) is 51.1 Å². The number of fused-ring (bicyclic) bond motifs is 2. The van der Waals surface area contributed by atoms with Gasteiger partial charge < -0.3 is 4.43 Å². The zero-order valence-electron chi connectivity index (χ0n) is 16.6. The fourth-order valence-electron chi connectivity index (χ4n) is 4.16. The van der Waals surface area contributed by atoms with Crippen molar-refractivity contribution < 1.29 is 9.22 Å². The molecule has 0 aromatic heterocycles. The van der Waals surface area contributed by atoms with E-state index in [4.69, 9.17) is 4.43 Å². The Morgan fingerprint density at radius 3 is 2.40 bits per heavy atom. The molecule has 2 bridgehead atoms. The molecule has 3 nitrogen and oxygen atoms in total. The second-order valence-corrected chi connectivity index (χ2v) is 14.1. The third kappa shape index (κ3) is 3.49. The zero-order chi connectivity index (χ0) is 18.4. The number of hydrogen-bond donors (Lipinski definition) is 0. The quantitative estimate of drug-likeness (QED) is 0.723. The van der Waals surface area contributed by atoms with Crippen LogP contribution in [-0.4, -0.2) is 38.1 Å². The van der Waals surface area contributed by atoms with Gasteiger partial charge in [-0.3, -0.25) is 9.69 Å². The van der Waals surface area contributed by atoms with Gasteiger partial charge in [-0.05, 0) is 43.6 Å². The SMILES string of the molecule is CN1[C@@H]2CC[C@H]1[C@H]([C@H](O[Si](C)(C)C(C)(C)C)c1ccccc1)C(=O)C2. The molecule has 138 valence electrons. The van der Waals surface area contributed by atoms with Crippen LogP contribution < -0.4 is 0 Å². The van der Waals surface area contributed by atoms with Gasteiger partial charge in [0.25, 0.3) is 0 Å². The first-order valence-corrected chi connectivity index (χ1v) is 12.5. The largest absolute Gasteiger partial charge is 0.409 e. The predicted octanol–water partition coefficient (Wildman–Crippen LogP) is 4.80. The standard InChI is InChI=1S/C21H33NO2Si/c1-21(2,3)25(5,6)24-20(15-10-8-7-9-11-15)19-17-13-12-16(22(17)4)14-18(19)23/h7-11,16-17,19-20H,12-14H2,1-6H3/t16-,17+,19+,20-/m1/s1. The molecule has 0 amide bonds. The number of carbonyl (C=O) groups is 1. The number of Topliss-reactive ketones (excluding diaryl/α,β-unsaturated/α-hetero) is 1. The third-order valence-corrected chi connectivity index (χ3v) is 11.3. The monoisotopic (exact) mass is 359 g/mol. The maximum Gasteiger partial charge on any atom is 0.192 e. The van der Waals surface area contributed by atoms with Crippen LogP contribution >= 0.6 is 0 Å². The van der Waals surface area contributed by atoms with Crippen LogP contribution in [0.5, 0.6) is 0 Å². The summed E-state index contributed by atoms with van der Waals surface area (Å²) in [4.78, 5) is 15.5. The van der Waals surface area contributed by atoms with Crippen molar-refractivity contribution in [3.8, 4) is 0 Å². The summed E-state index contributed by atoms with van der Waals surface area (Å²) in [5.41, 5.74) is 1.16. The molecule has 2 aliphatic rings. The van der Waals surface area contributed by atoms with Gasteiger partial charge in [0.2, 0.25) is 0 Å². The zero-order valence-corrected chi connectivity index (χ0v) is 17.6. The summed E-state index contributed by atoms with van der Waals surface area (Å²) in [7, 11) is 0.205. The molecule has 25 heavy (non-hydrogen) atoms. The molecule has 0 aliphatic carbocycles. The lowest BCUT2D eigenvalue weighted by molar-refractivity contribution is -0.133. The lowest BCUT2D eigenvalue weighted by atomic mass is 9.82. The van der Waals surface area contributed by atoms with Gasteiger partial charge in [-0.25, -0.2) is 0 Å². The lowest BCUT2D eigenvalue weighted by Gasteiger charge is -2.45. The third-order valence-electron chi connectivity index (χ3n) is 6.80. The van der Waals surface area contributed by atoms with E-state index in [1.54, 1.807) is 0 Å². The summed E-state index contributed by atoms with van der Waals surface area (Å²) >= 11 is 0. The van der Waals surface area contributed by atoms with Gasteiger partial charge >= 0.3 is 0 Å². The number of ketones is 1. The number of nitrogens with zero attached hydrogens (tertiary/aromatic N) is 1. The Morgan fingerprint density at radius 2 is 1.80 bits per heavy atom. The summed E-state index contributed by atoms with van der Waals surface area (Å²) in [6.07, 6.45) is 2.82. The first kappa shape index (κ1) is 18.8. The van der Waals surface area contributed by atoms with Crippen LogP contribution in [0.2, 0.25) is 18.1 Å². The van der Waals surface area contributed by atoms with Crippen molar-refractivity contribution in [2.45, 2.75) is 76.4 Å². The molecule has 3 rings (SSSR count). The van der Waals surface area contributed by atoms with Gasteiger partial charge in [-0.15, -0.1) is 0 Å². The molecule has 4 atom stereocenters. The van der Waals surface area contributed by atoms with Gasteiger partial charge in [0.15, 0.2) is 8.32 Å². The molecule has 0 N–H and O–H groups in total. The average molecular weight is 360 g/mol. The Bertz CT molecular complexity index is 623. The second kappa shape index (κ2) is 6.64. The van der Waals surface area contributed by atoms with Crippen molar-refractivity contribution in [1.29, 1.82) is 0 Å². The maximum atomic E-state index is 13.1. The van der Waals surface area contributed by atoms with E-state index in [-0.39, 0.29) is 17.1 Å². The fraction of sp³-hybridized carbons (Fsp3) is 0.667. The van der Waals surface area contributed by atoms with Crippen LogP contribution in [0.25, 0.3) is 0 Å². The summed E-state index contributed by atoms with van der Waals surface area (Å²) in [6.45, 7) is 11.4. The molecule has 2 aliphatic heterocycles. The van der Waals surface area contributed by atoms with Crippen LogP contribution in [0, 0.1) is 5.92 Å². The number of carbonyl (C=O) groups excluding carboxylic acids is 1. The first-order valence-electron chi connectivity index (χ1n) is 9.59. The number of benzene rings is 1. The van der Waals surface area contributed by atoms with E-state index in [1.165, 1.54) is 0 Å². The van der Waals surface area contributed by atoms with Crippen molar-refractivity contribution in [2.24, 2.45) is 5.92 Å². The highest BCUT2D eigenvalue weighted by atomic mass is 28.4. The lowest BCUT2D eigenvalue weighted by Crippen LogP contribution is -2.52. The topological polar surface area (TPSA) is 29.5 Å². The summed E-state index contributed by atoms with van der Waals surface area (Å²) in [5, 5.41) is 0.127. The van der Waals surface area contributed by atoms with Crippen molar-refractivity contribution in [1.82, 2.24) is 4.90 Å². The molecule has 1 aromatic rings. The normalized spacial score (nSPS) is 29.0. The summed E-state index contributed by atoms with van der Waals surface area (Å²) < 4.78 is 6.89. The molecule has 0 spiro atoms. The van der Waals surface area contributed by atoms with Gasteiger partial charge in [0.1, 0.15) is 5.78 Å². The van der Waals surface area contributed by atoms with Crippen LogP contribution in [0.1, 0.15) is 51.7 Å². The average Bonchev–Trinajstić information content (AvgIpc) is 2.77. The van der Waals surface area contributed by atoms with Gasteiger partial charge in [0, 0.05) is 18.5 Å². The van der Waals surface area contributed by atoms with E-state index in [2.05, 4.69) is 70.1 Å². The predicted molar refractivity (Wildman–Crippen MR) is 105 cm³/mol. The molecular weight excluding hydrogens is 326 g/mol. The maximum absolute atomic E-state index is 13.1. The Labute approximate surface area is 153 Å². The minimum absolute atomic E-state index is 0.0414. The van der Waals surface area contributed by atoms with Crippen molar-refractivity contribution in [2.75, 3.05) is 7.05 Å². The van der Waals surface area contributed by atoms with Crippen LogP contribution in [0.4, 0.5) is 0 Å². The molecule has 1 aromatic carbocycles. The van der Waals surface area contributed by atoms with Gasteiger partial charge in [0.05, 0.1) is 12.0 Å². The van der Waals surface area contributed by atoms with E-state index in [0.717, 1.165) is 18.4 Å². The van der Waals surface area contributed by atoms with E-state index in [1.807, 2.05) is 6.07 Å².